The molecule has 3 nitrogen and oxygen atoms in total. The Hall–Kier alpha value is -0.120. The largest absolute Gasteiger partial charge is 0.375 e. The molecule has 2 aliphatic rings. The molecule has 2 heterocycles. The average molecular weight is 184 g/mol. The molecule has 0 aromatic carbocycles. The van der Waals surface area contributed by atoms with E-state index in [0.29, 0.717) is 12.2 Å². The van der Waals surface area contributed by atoms with Crippen LogP contribution in [0.25, 0.3) is 0 Å². The summed E-state index contributed by atoms with van der Waals surface area (Å²) in [7, 11) is 0. The molecule has 0 radical (unpaired) electrons. The first-order valence-electron chi connectivity index (χ1n) is 5.42. The van der Waals surface area contributed by atoms with Crippen molar-refractivity contribution < 1.29 is 4.74 Å². The summed E-state index contributed by atoms with van der Waals surface area (Å²) in [6, 6.07) is 0.367. The van der Waals surface area contributed by atoms with Crippen molar-refractivity contribution >= 4 is 0 Å². The van der Waals surface area contributed by atoms with E-state index in [1.807, 2.05) is 0 Å². The van der Waals surface area contributed by atoms with Gasteiger partial charge in [-0.15, -0.1) is 0 Å². The van der Waals surface area contributed by atoms with Crippen molar-refractivity contribution in [3.8, 4) is 0 Å². The zero-order chi connectivity index (χ0) is 9.26. The van der Waals surface area contributed by atoms with Gasteiger partial charge in [0.2, 0.25) is 0 Å². The predicted octanol–water partition coefficient (Wildman–Crippen LogP) is 0.763. The molecule has 0 aromatic heterocycles. The summed E-state index contributed by atoms with van der Waals surface area (Å²) >= 11 is 0. The maximum absolute atomic E-state index is 5.97. The molecule has 2 aliphatic heterocycles. The van der Waals surface area contributed by atoms with Crippen molar-refractivity contribution in [1.82, 2.24) is 0 Å². The Balaban J connectivity index is 1.95. The van der Waals surface area contributed by atoms with Gasteiger partial charge in [-0.25, -0.2) is 0 Å². The summed E-state index contributed by atoms with van der Waals surface area (Å²) in [6.07, 6.45) is 7.66. The molecule has 0 aliphatic carbocycles. The maximum Gasteiger partial charge on any atom is 0.0580 e. The lowest BCUT2D eigenvalue weighted by Gasteiger charge is -2.19. The molecule has 0 amide bonds. The van der Waals surface area contributed by atoms with Crippen molar-refractivity contribution in [3.05, 3.63) is 0 Å². The van der Waals surface area contributed by atoms with Crippen molar-refractivity contribution in [3.63, 3.8) is 0 Å². The third-order valence-corrected chi connectivity index (χ3v) is 3.39. The van der Waals surface area contributed by atoms with Crippen molar-refractivity contribution in [1.29, 1.82) is 0 Å². The van der Waals surface area contributed by atoms with Crippen molar-refractivity contribution in [2.45, 2.75) is 62.8 Å². The number of hydrogen-bond donors (Lipinski definition) is 2. The van der Waals surface area contributed by atoms with Gasteiger partial charge in [0.1, 0.15) is 0 Å². The molecule has 2 rings (SSSR count). The lowest BCUT2D eigenvalue weighted by molar-refractivity contribution is 0.0372. The highest BCUT2D eigenvalue weighted by Crippen LogP contribution is 2.28. The minimum absolute atomic E-state index is 0.183. The van der Waals surface area contributed by atoms with Crippen LogP contribution >= 0.6 is 0 Å². The molecule has 3 heteroatoms. The summed E-state index contributed by atoms with van der Waals surface area (Å²) < 4.78 is 5.87. The fourth-order valence-electron chi connectivity index (χ4n) is 2.39. The Kier molecular flexibility index (Phi) is 2.86. The molecule has 4 atom stereocenters. The Labute approximate surface area is 79.8 Å². The number of ether oxygens (including phenoxy) is 1. The van der Waals surface area contributed by atoms with Gasteiger partial charge in [-0.05, 0) is 38.5 Å². The van der Waals surface area contributed by atoms with E-state index in [4.69, 9.17) is 16.2 Å². The molecule has 4 unspecified atom stereocenters. The quantitative estimate of drug-likeness (QED) is 0.584. The molecule has 4 N–H and O–H groups in total. The summed E-state index contributed by atoms with van der Waals surface area (Å²) in [5.41, 5.74) is 11.9. The fraction of sp³-hybridized carbons (Fsp3) is 1.00. The molecule has 0 saturated carbocycles. The second kappa shape index (κ2) is 3.95. The third-order valence-electron chi connectivity index (χ3n) is 3.39. The van der Waals surface area contributed by atoms with Gasteiger partial charge < -0.3 is 16.2 Å². The van der Waals surface area contributed by atoms with Crippen molar-refractivity contribution in [2.24, 2.45) is 11.5 Å². The fourth-order valence-corrected chi connectivity index (χ4v) is 2.39. The summed E-state index contributed by atoms with van der Waals surface area (Å²) in [6.45, 7) is 0. The first-order chi connectivity index (χ1) is 6.25. The van der Waals surface area contributed by atoms with E-state index in [9.17, 15) is 0 Å². The second-order valence-corrected chi connectivity index (χ2v) is 4.44. The van der Waals surface area contributed by atoms with E-state index >= 15 is 0 Å². The van der Waals surface area contributed by atoms with Gasteiger partial charge in [0.25, 0.3) is 0 Å². The SMILES string of the molecule is NC1CCC2CCC(CCC1N)O2. The van der Waals surface area contributed by atoms with Crippen LogP contribution in [0.4, 0.5) is 0 Å². The minimum atomic E-state index is 0.183. The van der Waals surface area contributed by atoms with Crippen LogP contribution in [0.3, 0.4) is 0 Å². The lowest BCUT2D eigenvalue weighted by Crippen LogP contribution is -2.41. The van der Waals surface area contributed by atoms with Gasteiger partial charge in [-0.2, -0.15) is 0 Å². The van der Waals surface area contributed by atoms with Gasteiger partial charge >= 0.3 is 0 Å². The first kappa shape index (κ1) is 9.44. The number of fused-ring (bicyclic) bond motifs is 2. The highest BCUT2D eigenvalue weighted by atomic mass is 16.5. The predicted molar refractivity (Wildman–Crippen MR) is 52.3 cm³/mol. The van der Waals surface area contributed by atoms with Crippen LogP contribution in [0.5, 0.6) is 0 Å². The third kappa shape index (κ3) is 2.22. The number of hydrogen-bond acceptors (Lipinski definition) is 3. The zero-order valence-electron chi connectivity index (χ0n) is 8.11. The van der Waals surface area contributed by atoms with E-state index in [1.165, 1.54) is 12.8 Å². The van der Waals surface area contributed by atoms with Crippen LogP contribution in [0.1, 0.15) is 38.5 Å². The van der Waals surface area contributed by atoms with E-state index in [1.54, 1.807) is 0 Å². The zero-order valence-corrected chi connectivity index (χ0v) is 8.11. The molecular formula is C10H20N2O. The molecule has 2 bridgehead atoms. The van der Waals surface area contributed by atoms with E-state index in [-0.39, 0.29) is 12.1 Å². The van der Waals surface area contributed by atoms with Gasteiger partial charge in [-0.3, -0.25) is 0 Å². The highest BCUT2D eigenvalue weighted by molar-refractivity contribution is 4.84. The van der Waals surface area contributed by atoms with Crippen molar-refractivity contribution in [2.75, 3.05) is 0 Å². The Bertz CT molecular complexity index is 152. The monoisotopic (exact) mass is 184 g/mol. The topological polar surface area (TPSA) is 61.3 Å². The Morgan fingerprint density at radius 3 is 1.54 bits per heavy atom. The van der Waals surface area contributed by atoms with Crippen LogP contribution in [0.15, 0.2) is 0 Å². The summed E-state index contributed by atoms with van der Waals surface area (Å²) in [4.78, 5) is 0. The number of rotatable bonds is 0. The van der Waals surface area contributed by atoms with E-state index in [2.05, 4.69) is 0 Å². The summed E-state index contributed by atoms with van der Waals surface area (Å²) in [5, 5.41) is 0. The molecule has 2 saturated heterocycles. The summed E-state index contributed by atoms with van der Waals surface area (Å²) in [5.74, 6) is 0. The Morgan fingerprint density at radius 2 is 1.08 bits per heavy atom. The highest BCUT2D eigenvalue weighted by Gasteiger charge is 2.28. The van der Waals surface area contributed by atoms with Crippen LogP contribution < -0.4 is 11.5 Å². The molecule has 13 heavy (non-hydrogen) atoms. The average Bonchev–Trinajstić information content (AvgIpc) is 2.58. The molecule has 0 aromatic rings. The first-order valence-corrected chi connectivity index (χ1v) is 5.42. The smallest absolute Gasteiger partial charge is 0.0580 e. The molecule has 2 fully saturated rings. The molecular weight excluding hydrogens is 164 g/mol. The van der Waals surface area contributed by atoms with Crippen LogP contribution in [0, 0.1) is 0 Å². The van der Waals surface area contributed by atoms with Gasteiger partial charge in [0.05, 0.1) is 12.2 Å². The molecule has 76 valence electrons. The van der Waals surface area contributed by atoms with Gasteiger partial charge in [0, 0.05) is 12.1 Å². The maximum atomic E-state index is 5.97. The minimum Gasteiger partial charge on any atom is -0.375 e. The van der Waals surface area contributed by atoms with E-state index < -0.39 is 0 Å². The van der Waals surface area contributed by atoms with E-state index in [0.717, 1.165) is 25.7 Å². The van der Waals surface area contributed by atoms with Crippen LogP contribution in [0.2, 0.25) is 0 Å². The Morgan fingerprint density at radius 1 is 0.692 bits per heavy atom. The van der Waals surface area contributed by atoms with Gasteiger partial charge in [-0.1, -0.05) is 0 Å². The molecule has 0 spiro atoms. The van der Waals surface area contributed by atoms with Crippen LogP contribution in [-0.4, -0.2) is 24.3 Å². The van der Waals surface area contributed by atoms with Crippen LogP contribution in [-0.2, 0) is 4.74 Å². The second-order valence-electron chi connectivity index (χ2n) is 4.44. The normalized spacial score (nSPS) is 46.6. The lowest BCUT2D eigenvalue weighted by atomic mass is 9.95. The van der Waals surface area contributed by atoms with Gasteiger partial charge in [0.15, 0.2) is 0 Å². The standard InChI is InChI=1S/C10H20N2O/c11-9-5-3-7-1-2-8(13-7)4-6-10(9)12/h7-10H,1-6,11-12H2. The number of nitrogens with two attached hydrogens (primary N) is 2.